The van der Waals surface area contributed by atoms with Crippen LogP contribution in [0.15, 0.2) is 18.2 Å². The van der Waals surface area contributed by atoms with E-state index >= 15 is 0 Å². The monoisotopic (exact) mass is 222 g/mol. The highest BCUT2D eigenvalue weighted by Crippen LogP contribution is 2.10. The molecule has 4 nitrogen and oxygen atoms in total. The number of pyridine rings is 1. The van der Waals surface area contributed by atoms with E-state index in [0.717, 1.165) is 18.5 Å². The number of hydrogen-bond donors (Lipinski definition) is 0. The van der Waals surface area contributed by atoms with Crippen molar-refractivity contribution in [2.24, 2.45) is 0 Å². The standard InChI is InChI=1S/C12H18N2O2/c1-4-5-9-16-12(15)14(3)11-8-6-7-10(2)13-11/h6-8H,4-5,9H2,1-3H3. The van der Waals surface area contributed by atoms with Crippen LogP contribution in [0.25, 0.3) is 0 Å². The zero-order chi connectivity index (χ0) is 12.0. The number of unbranched alkanes of at least 4 members (excludes halogenated alkanes) is 1. The van der Waals surface area contributed by atoms with Crippen molar-refractivity contribution in [3.05, 3.63) is 23.9 Å². The van der Waals surface area contributed by atoms with Crippen molar-refractivity contribution in [2.45, 2.75) is 26.7 Å². The lowest BCUT2D eigenvalue weighted by Gasteiger charge is -2.16. The lowest BCUT2D eigenvalue weighted by molar-refractivity contribution is 0.153. The second kappa shape index (κ2) is 6.10. The predicted molar refractivity (Wildman–Crippen MR) is 63.6 cm³/mol. The van der Waals surface area contributed by atoms with Gasteiger partial charge in [-0.3, -0.25) is 4.90 Å². The first-order valence-electron chi connectivity index (χ1n) is 5.49. The highest BCUT2D eigenvalue weighted by molar-refractivity contribution is 5.85. The third-order valence-corrected chi connectivity index (χ3v) is 2.21. The minimum atomic E-state index is -0.355. The predicted octanol–water partition coefficient (Wildman–Crippen LogP) is 2.76. The second-order valence-electron chi connectivity index (χ2n) is 3.66. The van der Waals surface area contributed by atoms with Crippen LogP contribution in [0.1, 0.15) is 25.5 Å². The van der Waals surface area contributed by atoms with Gasteiger partial charge in [0, 0.05) is 12.7 Å². The van der Waals surface area contributed by atoms with Gasteiger partial charge in [0.05, 0.1) is 6.61 Å². The quantitative estimate of drug-likeness (QED) is 0.736. The topological polar surface area (TPSA) is 42.4 Å². The summed E-state index contributed by atoms with van der Waals surface area (Å²) in [6, 6.07) is 5.54. The molecule has 0 unspecified atom stereocenters. The highest BCUT2D eigenvalue weighted by Gasteiger charge is 2.12. The Morgan fingerprint density at radius 3 is 2.88 bits per heavy atom. The Bertz CT molecular complexity index is 353. The van der Waals surface area contributed by atoms with Crippen LogP contribution < -0.4 is 4.90 Å². The first-order valence-corrected chi connectivity index (χ1v) is 5.49. The van der Waals surface area contributed by atoms with Gasteiger partial charge in [0.2, 0.25) is 0 Å². The zero-order valence-electron chi connectivity index (χ0n) is 10.1. The van der Waals surface area contributed by atoms with E-state index in [1.165, 1.54) is 4.90 Å². The molecule has 0 atom stereocenters. The molecule has 0 aliphatic carbocycles. The van der Waals surface area contributed by atoms with Crippen molar-refractivity contribution >= 4 is 11.9 Å². The van der Waals surface area contributed by atoms with Crippen LogP contribution in [0.2, 0.25) is 0 Å². The number of amides is 1. The molecule has 1 rings (SSSR count). The third-order valence-electron chi connectivity index (χ3n) is 2.21. The molecule has 0 N–H and O–H groups in total. The summed E-state index contributed by atoms with van der Waals surface area (Å²) in [5, 5.41) is 0. The molecule has 88 valence electrons. The van der Waals surface area contributed by atoms with E-state index in [1.807, 2.05) is 19.1 Å². The summed E-state index contributed by atoms with van der Waals surface area (Å²) in [5.41, 5.74) is 0.880. The van der Waals surface area contributed by atoms with Crippen LogP contribution in [0.3, 0.4) is 0 Å². The molecule has 0 spiro atoms. The van der Waals surface area contributed by atoms with Crippen molar-refractivity contribution in [1.29, 1.82) is 0 Å². The smallest absolute Gasteiger partial charge is 0.415 e. The van der Waals surface area contributed by atoms with Crippen molar-refractivity contribution in [2.75, 3.05) is 18.6 Å². The van der Waals surface area contributed by atoms with Crippen LogP contribution in [0.4, 0.5) is 10.6 Å². The summed E-state index contributed by atoms with van der Waals surface area (Å²) in [6.07, 6.45) is 1.55. The molecule has 0 aliphatic heterocycles. The van der Waals surface area contributed by atoms with Crippen molar-refractivity contribution in [1.82, 2.24) is 4.98 Å². The molecule has 4 heteroatoms. The number of hydrogen-bond acceptors (Lipinski definition) is 3. The maximum absolute atomic E-state index is 11.6. The number of carbonyl (C=O) groups is 1. The first kappa shape index (κ1) is 12.5. The van der Waals surface area contributed by atoms with Gasteiger partial charge in [0.1, 0.15) is 5.82 Å². The molecule has 0 saturated heterocycles. The highest BCUT2D eigenvalue weighted by atomic mass is 16.6. The largest absolute Gasteiger partial charge is 0.449 e. The Morgan fingerprint density at radius 1 is 1.50 bits per heavy atom. The molecule has 0 aliphatic rings. The Kier molecular flexibility index (Phi) is 4.76. The molecule has 16 heavy (non-hydrogen) atoms. The van der Waals surface area contributed by atoms with Gasteiger partial charge in [0.25, 0.3) is 0 Å². The summed E-state index contributed by atoms with van der Waals surface area (Å²) in [6.45, 7) is 4.41. The van der Waals surface area contributed by atoms with Gasteiger partial charge in [-0.25, -0.2) is 9.78 Å². The number of aryl methyl sites for hydroxylation is 1. The van der Waals surface area contributed by atoms with E-state index in [-0.39, 0.29) is 6.09 Å². The fourth-order valence-corrected chi connectivity index (χ4v) is 1.21. The summed E-state index contributed by atoms with van der Waals surface area (Å²) in [4.78, 5) is 17.3. The Morgan fingerprint density at radius 2 is 2.25 bits per heavy atom. The van der Waals surface area contributed by atoms with Crippen molar-refractivity contribution in [3.63, 3.8) is 0 Å². The number of anilines is 1. The molecule has 0 radical (unpaired) electrons. The number of carbonyl (C=O) groups excluding carboxylic acids is 1. The third kappa shape index (κ3) is 3.53. The molecule has 1 aromatic heterocycles. The molecular weight excluding hydrogens is 204 g/mol. The fraction of sp³-hybridized carbons (Fsp3) is 0.500. The first-order chi connectivity index (χ1) is 7.65. The minimum Gasteiger partial charge on any atom is -0.449 e. The number of aromatic nitrogens is 1. The number of ether oxygens (including phenoxy) is 1. The molecule has 1 amide bonds. The van der Waals surface area contributed by atoms with Gasteiger partial charge in [0.15, 0.2) is 0 Å². The van der Waals surface area contributed by atoms with E-state index in [4.69, 9.17) is 4.74 Å². The number of nitrogens with zero attached hydrogens (tertiary/aromatic N) is 2. The van der Waals surface area contributed by atoms with Gasteiger partial charge in [-0.1, -0.05) is 19.4 Å². The summed E-state index contributed by atoms with van der Waals surface area (Å²) in [7, 11) is 1.66. The van der Waals surface area contributed by atoms with E-state index in [9.17, 15) is 4.79 Å². The maximum Gasteiger partial charge on any atom is 0.415 e. The number of rotatable bonds is 4. The average Bonchev–Trinajstić information content (AvgIpc) is 2.28. The molecule has 1 aromatic rings. The minimum absolute atomic E-state index is 0.355. The summed E-state index contributed by atoms with van der Waals surface area (Å²) in [5.74, 6) is 0.612. The van der Waals surface area contributed by atoms with E-state index in [1.54, 1.807) is 13.1 Å². The van der Waals surface area contributed by atoms with Crippen LogP contribution in [0.5, 0.6) is 0 Å². The SMILES string of the molecule is CCCCOC(=O)N(C)c1cccc(C)n1. The Labute approximate surface area is 96.2 Å². The van der Waals surface area contributed by atoms with E-state index in [0.29, 0.717) is 12.4 Å². The second-order valence-corrected chi connectivity index (χ2v) is 3.66. The van der Waals surface area contributed by atoms with Crippen LogP contribution >= 0.6 is 0 Å². The van der Waals surface area contributed by atoms with Gasteiger partial charge in [-0.05, 0) is 25.5 Å². The fourth-order valence-electron chi connectivity index (χ4n) is 1.21. The van der Waals surface area contributed by atoms with Crippen LogP contribution in [-0.2, 0) is 4.74 Å². The normalized spacial score (nSPS) is 9.94. The molecule has 0 fully saturated rings. The zero-order valence-corrected chi connectivity index (χ0v) is 10.1. The average molecular weight is 222 g/mol. The van der Waals surface area contributed by atoms with Gasteiger partial charge in [-0.2, -0.15) is 0 Å². The molecular formula is C12H18N2O2. The molecule has 1 heterocycles. The lowest BCUT2D eigenvalue weighted by atomic mass is 10.3. The Balaban J connectivity index is 2.56. The summed E-state index contributed by atoms with van der Waals surface area (Å²) < 4.78 is 5.09. The van der Waals surface area contributed by atoms with Gasteiger partial charge < -0.3 is 4.74 Å². The maximum atomic E-state index is 11.6. The molecule has 0 aromatic carbocycles. The van der Waals surface area contributed by atoms with Crippen LogP contribution in [-0.4, -0.2) is 24.7 Å². The van der Waals surface area contributed by atoms with E-state index < -0.39 is 0 Å². The van der Waals surface area contributed by atoms with Gasteiger partial charge >= 0.3 is 6.09 Å². The molecule has 0 bridgehead atoms. The van der Waals surface area contributed by atoms with E-state index in [2.05, 4.69) is 11.9 Å². The van der Waals surface area contributed by atoms with Gasteiger partial charge in [-0.15, -0.1) is 0 Å². The van der Waals surface area contributed by atoms with Crippen LogP contribution in [0, 0.1) is 6.92 Å². The lowest BCUT2D eigenvalue weighted by Crippen LogP contribution is -2.28. The molecule has 0 saturated carbocycles. The summed E-state index contributed by atoms with van der Waals surface area (Å²) >= 11 is 0. The Hall–Kier alpha value is -1.58. The van der Waals surface area contributed by atoms with Crippen molar-refractivity contribution < 1.29 is 9.53 Å². The van der Waals surface area contributed by atoms with Crippen molar-refractivity contribution in [3.8, 4) is 0 Å².